The van der Waals surface area contributed by atoms with E-state index in [4.69, 9.17) is 21.1 Å². The Morgan fingerprint density at radius 2 is 1.62 bits per heavy atom. The van der Waals surface area contributed by atoms with Gasteiger partial charge in [-0.2, -0.15) is 0 Å². The summed E-state index contributed by atoms with van der Waals surface area (Å²) >= 11 is 0. The average molecular weight is 185 g/mol. The first kappa shape index (κ1) is 9.63. The molecule has 1 aromatic carbocycles. The molecule has 0 aliphatic heterocycles. The molecule has 1 atom stereocenters. The molecule has 0 aromatic heterocycles. The van der Waals surface area contributed by atoms with Crippen molar-refractivity contribution in [1.82, 2.24) is 0 Å². The molecule has 0 spiro atoms. The van der Waals surface area contributed by atoms with E-state index in [0.717, 1.165) is 12.1 Å². The number of aliphatic hydroxyl groups excluding tert-OH is 1. The Hall–Kier alpha value is -1.46. The van der Waals surface area contributed by atoms with Crippen LogP contribution in [0.15, 0.2) is 12.1 Å². The second-order valence-electron chi connectivity index (χ2n) is 2.74. The summed E-state index contributed by atoms with van der Waals surface area (Å²) in [6.07, 6.45) is -1.09. The first-order chi connectivity index (χ1) is 6.00. The molecular formula is C8H11NO4. The molecule has 0 saturated carbocycles. The number of rotatable bonds is 2. The molecule has 72 valence electrons. The Labute approximate surface area is 74.7 Å². The van der Waals surface area contributed by atoms with Crippen molar-refractivity contribution in [1.29, 1.82) is 0 Å². The molecule has 0 heterocycles. The number of phenolic OH excluding ortho intramolecular Hbond substituents is 3. The highest BCUT2D eigenvalue weighted by Crippen LogP contribution is 2.32. The maximum Gasteiger partial charge on any atom is 0.161 e. The van der Waals surface area contributed by atoms with Gasteiger partial charge in [0.25, 0.3) is 0 Å². The minimum Gasteiger partial charge on any atom is -0.508 e. The van der Waals surface area contributed by atoms with Crippen LogP contribution in [-0.4, -0.2) is 26.7 Å². The normalized spacial score (nSPS) is 12.8. The molecule has 0 amide bonds. The highest BCUT2D eigenvalue weighted by Gasteiger charge is 2.09. The van der Waals surface area contributed by atoms with Crippen molar-refractivity contribution < 1.29 is 20.4 Å². The van der Waals surface area contributed by atoms with Crippen LogP contribution in [0.5, 0.6) is 17.2 Å². The summed E-state index contributed by atoms with van der Waals surface area (Å²) in [5.74, 6) is -0.971. The largest absolute Gasteiger partial charge is 0.508 e. The molecule has 6 N–H and O–H groups in total. The van der Waals surface area contributed by atoms with E-state index >= 15 is 0 Å². The Morgan fingerprint density at radius 3 is 2.15 bits per heavy atom. The van der Waals surface area contributed by atoms with E-state index in [-0.39, 0.29) is 23.5 Å². The van der Waals surface area contributed by atoms with E-state index in [1.807, 2.05) is 0 Å². The predicted octanol–water partition coefficient (Wildman–Crippen LogP) is -0.377. The first-order valence-electron chi connectivity index (χ1n) is 3.68. The smallest absolute Gasteiger partial charge is 0.161 e. The Bertz CT molecular complexity index is 311. The van der Waals surface area contributed by atoms with Gasteiger partial charge in [0.05, 0.1) is 0 Å². The lowest BCUT2D eigenvalue weighted by atomic mass is 10.1. The van der Waals surface area contributed by atoms with Crippen molar-refractivity contribution in [3.05, 3.63) is 17.7 Å². The SMILES string of the molecule is NC(O)Cc1cc(O)c(O)cc1O. The molecule has 0 bridgehead atoms. The third kappa shape index (κ3) is 2.24. The zero-order valence-corrected chi connectivity index (χ0v) is 6.81. The van der Waals surface area contributed by atoms with Gasteiger partial charge in [0.1, 0.15) is 12.0 Å². The van der Waals surface area contributed by atoms with Crippen LogP contribution >= 0.6 is 0 Å². The molecule has 13 heavy (non-hydrogen) atoms. The number of aromatic hydroxyl groups is 3. The monoisotopic (exact) mass is 185 g/mol. The van der Waals surface area contributed by atoms with Gasteiger partial charge in [-0.05, 0) is 6.07 Å². The third-order valence-electron chi connectivity index (χ3n) is 1.60. The second-order valence-corrected chi connectivity index (χ2v) is 2.74. The van der Waals surface area contributed by atoms with Gasteiger partial charge in [0, 0.05) is 18.1 Å². The zero-order valence-electron chi connectivity index (χ0n) is 6.81. The Kier molecular flexibility index (Phi) is 2.60. The van der Waals surface area contributed by atoms with Crippen molar-refractivity contribution in [2.24, 2.45) is 5.73 Å². The van der Waals surface area contributed by atoms with Crippen LogP contribution in [0.25, 0.3) is 0 Å². The van der Waals surface area contributed by atoms with Crippen LogP contribution in [-0.2, 0) is 6.42 Å². The van der Waals surface area contributed by atoms with Gasteiger partial charge in [-0.15, -0.1) is 0 Å². The molecule has 0 aliphatic carbocycles. The van der Waals surface area contributed by atoms with E-state index in [9.17, 15) is 5.11 Å². The van der Waals surface area contributed by atoms with E-state index < -0.39 is 12.0 Å². The van der Waals surface area contributed by atoms with Crippen molar-refractivity contribution >= 4 is 0 Å². The van der Waals surface area contributed by atoms with Crippen LogP contribution in [0, 0.1) is 0 Å². The number of phenols is 3. The van der Waals surface area contributed by atoms with Crippen LogP contribution < -0.4 is 5.73 Å². The van der Waals surface area contributed by atoms with E-state index in [1.54, 1.807) is 0 Å². The highest BCUT2D eigenvalue weighted by atomic mass is 16.3. The third-order valence-corrected chi connectivity index (χ3v) is 1.60. The molecule has 5 heteroatoms. The van der Waals surface area contributed by atoms with Gasteiger partial charge >= 0.3 is 0 Å². The minimum absolute atomic E-state index is 0.0136. The summed E-state index contributed by atoms with van der Waals surface area (Å²) in [6.45, 7) is 0. The number of aliphatic hydroxyl groups is 1. The lowest BCUT2D eigenvalue weighted by Crippen LogP contribution is -2.21. The van der Waals surface area contributed by atoms with Crippen molar-refractivity contribution in [2.75, 3.05) is 0 Å². The summed E-state index contributed by atoms with van der Waals surface area (Å²) in [5.41, 5.74) is 5.36. The minimum atomic E-state index is -1.10. The number of hydrogen-bond donors (Lipinski definition) is 5. The number of benzene rings is 1. The molecule has 1 aromatic rings. The Balaban J connectivity index is 3.01. The lowest BCUT2D eigenvalue weighted by molar-refractivity contribution is 0.181. The molecule has 1 unspecified atom stereocenters. The number of hydrogen-bond acceptors (Lipinski definition) is 5. The molecule has 0 fully saturated rings. The highest BCUT2D eigenvalue weighted by molar-refractivity contribution is 5.48. The average Bonchev–Trinajstić information content (AvgIpc) is 1.99. The summed E-state index contributed by atoms with van der Waals surface area (Å²) < 4.78 is 0. The van der Waals surface area contributed by atoms with Crippen molar-refractivity contribution in [3.8, 4) is 17.2 Å². The zero-order chi connectivity index (χ0) is 10.0. The molecule has 5 nitrogen and oxygen atoms in total. The topological polar surface area (TPSA) is 107 Å². The van der Waals surface area contributed by atoms with Crippen LogP contribution in [0.2, 0.25) is 0 Å². The van der Waals surface area contributed by atoms with E-state index in [2.05, 4.69) is 0 Å². The predicted molar refractivity (Wildman–Crippen MR) is 45.3 cm³/mol. The van der Waals surface area contributed by atoms with Gasteiger partial charge < -0.3 is 26.2 Å². The van der Waals surface area contributed by atoms with Crippen LogP contribution in [0.4, 0.5) is 0 Å². The fourth-order valence-electron chi connectivity index (χ4n) is 0.998. The van der Waals surface area contributed by atoms with Gasteiger partial charge in [-0.3, -0.25) is 0 Å². The van der Waals surface area contributed by atoms with Gasteiger partial charge in [0.2, 0.25) is 0 Å². The van der Waals surface area contributed by atoms with Gasteiger partial charge in [-0.25, -0.2) is 0 Å². The summed E-state index contributed by atoms with van der Waals surface area (Å²) in [4.78, 5) is 0. The quantitative estimate of drug-likeness (QED) is 0.245. The Morgan fingerprint density at radius 1 is 1.08 bits per heavy atom. The standard InChI is InChI=1S/C8H11NO4/c9-8(13)2-4-1-6(11)7(12)3-5(4)10/h1,3,8,10-13H,2,9H2. The summed E-state index contributed by atoms with van der Waals surface area (Å²) in [5, 5.41) is 36.0. The fraction of sp³-hybridized carbons (Fsp3) is 0.250. The van der Waals surface area contributed by atoms with E-state index in [0.29, 0.717) is 0 Å². The summed E-state index contributed by atoms with van der Waals surface area (Å²) in [7, 11) is 0. The van der Waals surface area contributed by atoms with Crippen molar-refractivity contribution in [3.63, 3.8) is 0 Å². The van der Waals surface area contributed by atoms with Gasteiger partial charge in [-0.1, -0.05) is 0 Å². The van der Waals surface area contributed by atoms with E-state index in [1.165, 1.54) is 0 Å². The second kappa shape index (κ2) is 3.51. The van der Waals surface area contributed by atoms with Crippen LogP contribution in [0.3, 0.4) is 0 Å². The maximum absolute atomic E-state index is 9.23. The van der Waals surface area contributed by atoms with Gasteiger partial charge in [0.15, 0.2) is 11.5 Å². The fourth-order valence-corrected chi connectivity index (χ4v) is 0.998. The molecular weight excluding hydrogens is 174 g/mol. The maximum atomic E-state index is 9.23. The first-order valence-corrected chi connectivity index (χ1v) is 3.68. The summed E-state index contributed by atoms with van der Waals surface area (Å²) in [6, 6.07) is 2.15. The molecule has 1 rings (SSSR count). The molecule has 0 aliphatic rings. The van der Waals surface area contributed by atoms with Crippen LogP contribution in [0.1, 0.15) is 5.56 Å². The molecule has 0 radical (unpaired) electrons. The molecule has 0 saturated heterocycles. The number of nitrogens with two attached hydrogens (primary N) is 1. The van der Waals surface area contributed by atoms with Crippen molar-refractivity contribution in [2.45, 2.75) is 12.6 Å². The lowest BCUT2D eigenvalue weighted by Gasteiger charge is -2.08.